The summed E-state index contributed by atoms with van der Waals surface area (Å²) in [4.78, 5) is 14.6. The zero-order valence-corrected chi connectivity index (χ0v) is 9.90. The van der Waals surface area contributed by atoms with Crippen LogP contribution >= 0.6 is 11.6 Å². The van der Waals surface area contributed by atoms with Gasteiger partial charge in [0.2, 0.25) is 0 Å². The predicted octanol–water partition coefficient (Wildman–Crippen LogP) is 3.41. The van der Waals surface area contributed by atoms with Crippen molar-refractivity contribution in [3.8, 4) is 11.1 Å². The average molecular weight is 248 g/mol. The predicted molar refractivity (Wildman–Crippen MR) is 66.4 cm³/mol. The molecule has 0 bridgehead atoms. The Morgan fingerprint density at radius 1 is 1.29 bits per heavy atom. The van der Waals surface area contributed by atoms with Gasteiger partial charge in [-0.25, -0.2) is 9.78 Å². The Morgan fingerprint density at radius 2 is 2.06 bits per heavy atom. The van der Waals surface area contributed by atoms with E-state index in [-0.39, 0.29) is 5.69 Å². The Balaban J connectivity index is 2.43. The number of carboxylic acids is 1. The van der Waals surface area contributed by atoms with E-state index in [1.165, 1.54) is 6.07 Å². The van der Waals surface area contributed by atoms with E-state index >= 15 is 0 Å². The van der Waals surface area contributed by atoms with Gasteiger partial charge in [0.25, 0.3) is 0 Å². The summed E-state index contributed by atoms with van der Waals surface area (Å²) < 4.78 is 0. The van der Waals surface area contributed by atoms with Gasteiger partial charge in [-0.3, -0.25) is 0 Å². The lowest BCUT2D eigenvalue weighted by atomic mass is 10.0. The Labute approximate surface area is 104 Å². The van der Waals surface area contributed by atoms with E-state index in [9.17, 15) is 4.79 Å². The van der Waals surface area contributed by atoms with Crippen molar-refractivity contribution in [3.63, 3.8) is 0 Å². The largest absolute Gasteiger partial charge is 0.477 e. The number of rotatable bonds is 2. The van der Waals surface area contributed by atoms with Gasteiger partial charge in [0.15, 0.2) is 0 Å². The fourth-order valence-electron chi connectivity index (χ4n) is 1.63. The van der Waals surface area contributed by atoms with Crippen LogP contribution in [-0.2, 0) is 0 Å². The third-order valence-corrected chi connectivity index (χ3v) is 2.72. The quantitative estimate of drug-likeness (QED) is 0.885. The van der Waals surface area contributed by atoms with Crippen molar-refractivity contribution in [2.24, 2.45) is 0 Å². The van der Waals surface area contributed by atoms with Crippen molar-refractivity contribution >= 4 is 17.6 Å². The van der Waals surface area contributed by atoms with E-state index in [1.54, 1.807) is 18.3 Å². The molecule has 0 aliphatic heterocycles. The van der Waals surface area contributed by atoms with E-state index in [2.05, 4.69) is 4.98 Å². The third-order valence-electron chi connectivity index (χ3n) is 2.48. The summed E-state index contributed by atoms with van der Waals surface area (Å²) in [5, 5.41) is 9.44. The van der Waals surface area contributed by atoms with Crippen LogP contribution < -0.4 is 0 Å². The van der Waals surface area contributed by atoms with Crippen LogP contribution in [0.15, 0.2) is 36.5 Å². The minimum atomic E-state index is -1.02. The van der Waals surface area contributed by atoms with Crippen LogP contribution in [0, 0.1) is 6.92 Å². The molecule has 17 heavy (non-hydrogen) atoms. The average Bonchev–Trinajstić information content (AvgIpc) is 2.29. The van der Waals surface area contributed by atoms with Crippen LogP contribution in [0.1, 0.15) is 16.1 Å². The summed E-state index contributed by atoms with van der Waals surface area (Å²) in [5.41, 5.74) is 2.95. The molecule has 1 aromatic heterocycles. The molecule has 0 unspecified atom stereocenters. The molecule has 0 saturated heterocycles. The summed E-state index contributed by atoms with van der Waals surface area (Å²) in [6.45, 7) is 1.95. The summed E-state index contributed by atoms with van der Waals surface area (Å²) >= 11 is 5.88. The second-order valence-electron chi connectivity index (χ2n) is 3.70. The molecule has 2 aromatic rings. The first-order chi connectivity index (χ1) is 8.08. The van der Waals surface area contributed by atoms with E-state index in [0.717, 1.165) is 16.7 Å². The van der Waals surface area contributed by atoms with Crippen molar-refractivity contribution in [1.29, 1.82) is 0 Å². The highest BCUT2D eigenvalue weighted by Gasteiger charge is 2.06. The number of halogens is 1. The number of nitrogens with zero attached hydrogens (tertiary/aromatic N) is 1. The number of aryl methyl sites for hydroxylation is 1. The molecule has 1 N–H and O–H groups in total. The minimum Gasteiger partial charge on any atom is -0.477 e. The summed E-state index contributed by atoms with van der Waals surface area (Å²) in [6.07, 6.45) is 1.56. The molecule has 0 atom stereocenters. The minimum absolute atomic E-state index is 0.0420. The van der Waals surface area contributed by atoms with Crippen LogP contribution in [0.5, 0.6) is 0 Å². The lowest BCUT2D eigenvalue weighted by Gasteiger charge is -2.06. The topological polar surface area (TPSA) is 50.2 Å². The zero-order valence-electron chi connectivity index (χ0n) is 9.14. The molecule has 0 aliphatic carbocycles. The molecule has 0 amide bonds. The molecule has 0 spiro atoms. The smallest absolute Gasteiger partial charge is 0.354 e. The van der Waals surface area contributed by atoms with Crippen LogP contribution in [0.2, 0.25) is 5.02 Å². The highest BCUT2D eigenvalue weighted by molar-refractivity contribution is 6.30. The first-order valence-corrected chi connectivity index (χ1v) is 5.41. The number of carbonyl (C=O) groups is 1. The summed E-state index contributed by atoms with van der Waals surface area (Å²) in [5.74, 6) is -1.02. The Bertz CT molecular complexity index is 564. The van der Waals surface area contributed by atoms with Gasteiger partial charge in [0, 0.05) is 16.8 Å². The number of pyridine rings is 1. The van der Waals surface area contributed by atoms with E-state index in [4.69, 9.17) is 16.7 Å². The fourth-order valence-corrected chi connectivity index (χ4v) is 1.86. The lowest BCUT2D eigenvalue weighted by Crippen LogP contribution is -1.99. The molecule has 4 heteroatoms. The van der Waals surface area contributed by atoms with Gasteiger partial charge < -0.3 is 5.11 Å². The van der Waals surface area contributed by atoms with Gasteiger partial charge in [0.05, 0.1) is 0 Å². The Kier molecular flexibility index (Phi) is 3.11. The summed E-state index contributed by atoms with van der Waals surface area (Å²) in [6, 6.07) is 8.80. The number of benzene rings is 1. The molecule has 86 valence electrons. The lowest BCUT2D eigenvalue weighted by molar-refractivity contribution is 0.0690. The van der Waals surface area contributed by atoms with Gasteiger partial charge in [0.1, 0.15) is 5.69 Å². The normalized spacial score (nSPS) is 10.2. The van der Waals surface area contributed by atoms with Gasteiger partial charge >= 0.3 is 5.97 Å². The molecule has 1 aromatic carbocycles. The molecule has 0 aliphatic rings. The van der Waals surface area contributed by atoms with Crippen molar-refractivity contribution < 1.29 is 9.90 Å². The fraction of sp³-hybridized carbons (Fsp3) is 0.0769. The highest BCUT2D eigenvalue weighted by Crippen LogP contribution is 2.25. The zero-order chi connectivity index (χ0) is 12.4. The van der Waals surface area contributed by atoms with E-state index < -0.39 is 5.97 Å². The van der Waals surface area contributed by atoms with Crippen LogP contribution in [0.3, 0.4) is 0 Å². The molecule has 2 rings (SSSR count). The Morgan fingerprint density at radius 3 is 2.59 bits per heavy atom. The number of hydrogen-bond acceptors (Lipinski definition) is 2. The monoisotopic (exact) mass is 247 g/mol. The molecule has 0 radical (unpaired) electrons. The van der Waals surface area contributed by atoms with Gasteiger partial charge in [-0.1, -0.05) is 23.7 Å². The first kappa shape index (κ1) is 11.6. The first-order valence-electron chi connectivity index (χ1n) is 5.04. The maximum atomic E-state index is 10.7. The van der Waals surface area contributed by atoms with Gasteiger partial charge in [-0.05, 0) is 36.2 Å². The molecular formula is C13H10ClNO2. The van der Waals surface area contributed by atoms with Crippen molar-refractivity contribution in [2.45, 2.75) is 6.92 Å². The van der Waals surface area contributed by atoms with Crippen LogP contribution in [0.4, 0.5) is 0 Å². The molecule has 0 saturated carbocycles. The van der Waals surface area contributed by atoms with Gasteiger partial charge in [-0.15, -0.1) is 0 Å². The van der Waals surface area contributed by atoms with Gasteiger partial charge in [-0.2, -0.15) is 0 Å². The molecule has 1 heterocycles. The van der Waals surface area contributed by atoms with Crippen molar-refractivity contribution in [3.05, 3.63) is 52.8 Å². The number of aromatic carboxylic acids is 1. The van der Waals surface area contributed by atoms with Crippen LogP contribution in [0.25, 0.3) is 11.1 Å². The molecular weight excluding hydrogens is 238 g/mol. The second-order valence-corrected chi connectivity index (χ2v) is 4.13. The van der Waals surface area contributed by atoms with Crippen molar-refractivity contribution in [1.82, 2.24) is 4.98 Å². The number of hydrogen-bond donors (Lipinski definition) is 1. The maximum absolute atomic E-state index is 10.7. The standard InChI is InChI=1S/C13H10ClNO2/c1-8-6-10(14)3-4-11(8)9-2-5-12(13(16)17)15-7-9/h2-7H,1H3,(H,16,17). The molecule has 3 nitrogen and oxygen atoms in total. The second kappa shape index (κ2) is 4.55. The maximum Gasteiger partial charge on any atom is 0.354 e. The highest BCUT2D eigenvalue weighted by atomic mass is 35.5. The van der Waals surface area contributed by atoms with Crippen LogP contribution in [-0.4, -0.2) is 16.1 Å². The number of aromatic nitrogens is 1. The summed E-state index contributed by atoms with van der Waals surface area (Å²) in [7, 11) is 0. The molecule has 0 fully saturated rings. The third kappa shape index (κ3) is 2.45. The van der Waals surface area contributed by atoms with Crippen molar-refractivity contribution in [2.75, 3.05) is 0 Å². The SMILES string of the molecule is Cc1cc(Cl)ccc1-c1ccc(C(=O)O)nc1. The number of carboxylic acid groups (broad SMARTS) is 1. The van der Waals surface area contributed by atoms with E-state index in [1.807, 2.05) is 19.1 Å². The van der Waals surface area contributed by atoms with E-state index in [0.29, 0.717) is 5.02 Å². The Hall–Kier alpha value is -1.87.